The molecule has 1 amide bonds. The molecule has 0 aromatic carbocycles. The Morgan fingerprint density at radius 2 is 2.21 bits per heavy atom. The van der Waals surface area contributed by atoms with E-state index in [2.05, 4.69) is 5.32 Å². The van der Waals surface area contributed by atoms with Crippen molar-refractivity contribution in [2.24, 2.45) is 5.73 Å². The minimum atomic E-state index is -0.0957. The summed E-state index contributed by atoms with van der Waals surface area (Å²) >= 11 is 4.70. The highest BCUT2D eigenvalue weighted by Crippen LogP contribution is 1.88. The molecule has 82 valence electrons. The SMILES string of the molecule is CC(C)OCC(=O)NCCCC(N)=S. The van der Waals surface area contributed by atoms with E-state index in [-0.39, 0.29) is 18.6 Å². The Kier molecular flexibility index (Phi) is 7.32. The Hall–Kier alpha value is -0.680. The number of hydrogen-bond donors (Lipinski definition) is 2. The van der Waals surface area contributed by atoms with Crippen LogP contribution >= 0.6 is 12.2 Å². The van der Waals surface area contributed by atoms with Gasteiger partial charge in [0.15, 0.2) is 0 Å². The number of hydrogen-bond acceptors (Lipinski definition) is 3. The second-order valence-electron chi connectivity index (χ2n) is 3.28. The van der Waals surface area contributed by atoms with Crippen LogP contribution in [0.4, 0.5) is 0 Å². The fourth-order valence-corrected chi connectivity index (χ4v) is 0.928. The van der Waals surface area contributed by atoms with Crippen molar-refractivity contribution in [3.8, 4) is 0 Å². The van der Waals surface area contributed by atoms with E-state index in [1.807, 2.05) is 13.8 Å². The first kappa shape index (κ1) is 13.3. The van der Waals surface area contributed by atoms with E-state index < -0.39 is 0 Å². The van der Waals surface area contributed by atoms with Gasteiger partial charge in [-0.3, -0.25) is 4.79 Å². The van der Waals surface area contributed by atoms with Crippen LogP contribution in [0.3, 0.4) is 0 Å². The van der Waals surface area contributed by atoms with Crippen LogP contribution in [0.15, 0.2) is 0 Å². The molecule has 4 nitrogen and oxygen atoms in total. The molecular formula is C9H18N2O2S. The van der Waals surface area contributed by atoms with E-state index in [0.29, 0.717) is 18.0 Å². The molecule has 0 radical (unpaired) electrons. The van der Waals surface area contributed by atoms with Crippen molar-refractivity contribution >= 4 is 23.1 Å². The first-order valence-electron chi connectivity index (χ1n) is 4.69. The number of rotatable bonds is 7. The van der Waals surface area contributed by atoms with Gasteiger partial charge in [0.2, 0.25) is 5.91 Å². The van der Waals surface area contributed by atoms with Gasteiger partial charge in [-0.1, -0.05) is 12.2 Å². The summed E-state index contributed by atoms with van der Waals surface area (Å²) in [7, 11) is 0. The maximum Gasteiger partial charge on any atom is 0.246 e. The summed E-state index contributed by atoms with van der Waals surface area (Å²) < 4.78 is 5.12. The highest BCUT2D eigenvalue weighted by Gasteiger charge is 2.01. The lowest BCUT2D eigenvalue weighted by Gasteiger charge is -2.07. The average molecular weight is 218 g/mol. The molecule has 0 aliphatic carbocycles. The van der Waals surface area contributed by atoms with Gasteiger partial charge in [-0.05, 0) is 26.7 Å². The maximum absolute atomic E-state index is 11.1. The van der Waals surface area contributed by atoms with E-state index in [9.17, 15) is 4.79 Å². The zero-order valence-corrected chi connectivity index (χ0v) is 9.52. The van der Waals surface area contributed by atoms with Gasteiger partial charge in [-0.2, -0.15) is 0 Å². The van der Waals surface area contributed by atoms with Crippen LogP contribution in [0.25, 0.3) is 0 Å². The predicted molar refractivity (Wildman–Crippen MR) is 60.1 cm³/mol. The van der Waals surface area contributed by atoms with Gasteiger partial charge < -0.3 is 15.8 Å². The third-order valence-electron chi connectivity index (χ3n) is 1.47. The highest BCUT2D eigenvalue weighted by atomic mass is 32.1. The second-order valence-corrected chi connectivity index (χ2v) is 3.80. The quantitative estimate of drug-likeness (QED) is 0.485. The molecule has 5 heteroatoms. The van der Waals surface area contributed by atoms with Gasteiger partial charge in [0.1, 0.15) is 6.61 Å². The van der Waals surface area contributed by atoms with Gasteiger partial charge >= 0.3 is 0 Å². The second kappa shape index (κ2) is 7.70. The van der Waals surface area contributed by atoms with Crippen molar-refractivity contribution in [1.82, 2.24) is 5.32 Å². The predicted octanol–water partition coefficient (Wildman–Crippen LogP) is 0.594. The Bertz CT molecular complexity index is 195. The van der Waals surface area contributed by atoms with Crippen LogP contribution in [0.5, 0.6) is 0 Å². The molecule has 0 aromatic rings. The van der Waals surface area contributed by atoms with Crippen LogP contribution in [0, 0.1) is 0 Å². The number of carbonyl (C=O) groups excluding carboxylic acids is 1. The zero-order chi connectivity index (χ0) is 11.0. The molecule has 14 heavy (non-hydrogen) atoms. The summed E-state index contributed by atoms with van der Waals surface area (Å²) in [5.41, 5.74) is 5.30. The third-order valence-corrected chi connectivity index (χ3v) is 1.67. The minimum absolute atomic E-state index is 0.0809. The molecule has 0 fully saturated rings. The van der Waals surface area contributed by atoms with E-state index in [4.69, 9.17) is 22.7 Å². The average Bonchev–Trinajstić information content (AvgIpc) is 2.08. The number of carbonyl (C=O) groups is 1. The summed E-state index contributed by atoms with van der Waals surface area (Å²) in [6.07, 6.45) is 1.53. The van der Waals surface area contributed by atoms with Crippen molar-refractivity contribution in [3.05, 3.63) is 0 Å². The normalized spacial score (nSPS) is 10.2. The van der Waals surface area contributed by atoms with Crippen LogP contribution in [0.1, 0.15) is 26.7 Å². The maximum atomic E-state index is 11.1. The number of nitrogens with two attached hydrogens (primary N) is 1. The fraction of sp³-hybridized carbons (Fsp3) is 0.778. The van der Waals surface area contributed by atoms with Crippen LogP contribution in [0.2, 0.25) is 0 Å². The first-order chi connectivity index (χ1) is 6.52. The zero-order valence-electron chi connectivity index (χ0n) is 8.71. The summed E-state index contributed by atoms with van der Waals surface area (Å²) in [5.74, 6) is -0.0957. The molecule has 3 N–H and O–H groups in total. The molecule has 0 heterocycles. The van der Waals surface area contributed by atoms with E-state index >= 15 is 0 Å². The molecule has 0 aliphatic rings. The van der Waals surface area contributed by atoms with Crippen molar-refractivity contribution in [2.45, 2.75) is 32.8 Å². The smallest absolute Gasteiger partial charge is 0.246 e. The van der Waals surface area contributed by atoms with E-state index in [1.165, 1.54) is 0 Å². The topological polar surface area (TPSA) is 64.3 Å². The van der Waals surface area contributed by atoms with Crippen molar-refractivity contribution in [3.63, 3.8) is 0 Å². The molecule has 0 rings (SSSR count). The van der Waals surface area contributed by atoms with Gasteiger partial charge in [0.05, 0.1) is 11.1 Å². The van der Waals surface area contributed by atoms with Crippen molar-refractivity contribution in [1.29, 1.82) is 0 Å². The van der Waals surface area contributed by atoms with Crippen LogP contribution in [-0.2, 0) is 9.53 Å². The number of thiocarbonyl (C=S) groups is 1. The highest BCUT2D eigenvalue weighted by molar-refractivity contribution is 7.80. The summed E-state index contributed by atoms with van der Waals surface area (Å²) in [4.78, 5) is 11.6. The molecule has 0 atom stereocenters. The number of nitrogens with one attached hydrogen (secondary N) is 1. The molecule has 0 saturated carbocycles. The van der Waals surface area contributed by atoms with E-state index in [1.54, 1.807) is 0 Å². The van der Waals surface area contributed by atoms with Crippen molar-refractivity contribution in [2.75, 3.05) is 13.2 Å². The Labute approximate surface area is 90.2 Å². The minimum Gasteiger partial charge on any atom is -0.393 e. The van der Waals surface area contributed by atoms with Gasteiger partial charge in [0.25, 0.3) is 0 Å². The summed E-state index contributed by atoms with van der Waals surface area (Å²) in [5, 5.41) is 2.71. The third kappa shape index (κ3) is 9.41. The number of ether oxygens (including phenoxy) is 1. The van der Waals surface area contributed by atoms with Crippen LogP contribution in [-0.4, -0.2) is 30.2 Å². The molecule has 0 saturated heterocycles. The molecule has 0 unspecified atom stereocenters. The lowest BCUT2D eigenvalue weighted by atomic mass is 10.3. The molecule has 0 bridgehead atoms. The largest absolute Gasteiger partial charge is 0.393 e. The Balaban J connectivity index is 3.31. The standard InChI is InChI=1S/C9H18N2O2S/c1-7(2)13-6-9(12)11-5-3-4-8(10)14/h7H,3-6H2,1-2H3,(H2,10,14)(H,11,12). The molecular weight excluding hydrogens is 200 g/mol. The molecule has 0 aliphatic heterocycles. The lowest BCUT2D eigenvalue weighted by molar-refractivity contribution is -0.127. The summed E-state index contributed by atoms with van der Waals surface area (Å²) in [6, 6.07) is 0. The monoisotopic (exact) mass is 218 g/mol. The Morgan fingerprint density at radius 1 is 1.57 bits per heavy atom. The fourth-order valence-electron chi connectivity index (χ4n) is 0.784. The van der Waals surface area contributed by atoms with Gasteiger partial charge in [-0.25, -0.2) is 0 Å². The number of amides is 1. The molecule has 0 aromatic heterocycles. The summed E-state index contributed by atoms with van der Waals surface area (Å²) in [6.45, 7) is 4.49. The Morgan fingerprint density at radius 3 is 2.71 bits per heavy atom. The first-order valence-corrected chi connectivity index (χ1v) is 5.09. The lowest BCUT2D eigenvalue weighted by Crippen LogP contribution is -2.30. The molecule has 0 spiro atoms. The van der Waals surface area contributed by atoms with E-state index in [0.717, 1.165) is 6.42 Å². The van der Waals surface area contributed by atoms with Gasteiger partial charge in [0, 0.05) is 6.54 Å². The van der Waals surface area contributed by atoms with Gasteiger partial charge in [-0.15, -0.1) is 0 Å². The van der Waals surface area contributed by atoms with Crippen LogP contribution < -0.4 is 11.1 Å². The van der Waals surface area contributed by atoms with Crippen molar-refractivity contribution < 1.29 is 9.53 Å².